The molecule has 11 heteroatoms. The molecule has 1 saturated carbocycles. The molecule has 6 rings (SSSR count). The SMILES string of the molecule is COCOc1cc(-c2cnn(C3CCCCO3)c2)ccc1-c1ccc(N2CCC(N(C(=O)OC(C)(C)C)C3(C)CC3)C2)nn1. The van der Waals surface area contributed by atoms with Crippen molar-refractivity contribution >= 4 is 11.9 Å². The topological polar surface area (TPSA) is 104 Å². The van der Waals surface area contributed by atoms with E-state index in [1.807, 2.05) is 73.1 Å². The van der Waals surface area contributed by atoms with Crippen molar-refractivity contribution in [2.45, 2.75) is 89.6 Å². The van der Waals surface area contributed by atoms with Crippen molar-refractivity contribution in [2.75, 3.05) is 38.5 Å². The number of hydrogen-bond acceptors (Lipinski definition) is 9. The molecule has 1 amide bonds. The van der Waals surface area contributed by atoms with Crippen molar-refractivity contribution in [3.8, 4) is 28.1 Å². The minimum atomic E-state index is -0.532. The number of nitrogens with zero attached hydrogens (tertiary/aromatic N) is 6. The van der Waals surface area contributed by atoms with Gasteiger partial charge in [0.15, 0.2) is 12.6 Å². The summed E-state index contributed by atoms with van der Waals surface area (Å²) in [6.45, 7) is 10.3. The molecule has 2 aromatic heterocycles. The lowest BCUT2D eigenvalue weighted by Gasteiger charge is -2.36. The highest BCUT2D eigenvalue weighted by atomic mass is 16.7. The number of anilines is 1. The van der Waals surface area contributed by atoms with Crippen molar-refractivity contribution in [2.24, 2.45) is 0 Å². The van der Waals surface area contributed by atoms with E-state index in [-0.39, 0.29) is 30.7 Å². The molecule has 3 aromatic rings. The molecule has 2 saturated heterocycles. The zero-order valence-electron chi connectivity index (χ0n) is 26.5. The van der Waals surface area contributed by atoms with Crippen molar-refractivity contribution in [3.63, 3.8) is 0 Å². The number of carbonyl (C=O) groups is 1. The summed E-state index contributed by atoms with van der Waals surface area (Å²) in [4.78, 5) is 17.4. The van der Waals surface area contributed by atoms with Crippen LogP contribution in [0.1, 0.15) is 72.4 Å². The van der Waals surface area contributed by atoms with Crippen LogP contribution in [0.15, 0.2) is 42.7 Å². The van der Waals surface area contributed by atoms with Gasteiger partial charge in [0.1, 0.15) is 17.6 Å². The van der Waals surface area contributed by atoms with Gasteiger partial charge < -0.3 is 23.8 Å². The zero-order valence-corrected chi connectivity index (χ0v) is 26.5. The fourth-order valence-electron chi connectivity index (χ4n) is 6.07. The molecule has 0 spiro atoms. The predicted octanol–water partition coefficient (Wildman–Crippen LogP) is 6.06. The third-order valence-corrected chi connectivity index (χ3v) is 8.62. The molecule has 3 fully saturated rings. The van der Waals surface area contributed by atoms with Gasteiger partial charge in [0.05, 0.1) is 17.9 Å². The first-order valence-corrected chi connectivity index (χ1v) is 15.7. The minimum Gasteiger partial charge on any atom is -0.467 e. The summed E-state index contributed by atoms with van der Waals surface area (Å²) in [5.74, 6) is 1.44. The highest BCUT2D eigenvalue weighted by Crippen LogP contribution is 2.44. The summed E-state index contributed by atoms with van der Waals surface area (Å²) < 4.78 is 24.8. The molecule has 236 valence electrons. The van der Waals surface area contributed by atoms with Gasteiger partial charge in [-0.3, -0.25) is 4.90 Å². The van der Waals surface area contributed by atoms with Crippen LogP contribution in [0, 0.1) is 0 Å². The first-order valence-electron chi connectivity index (χ1n) is 15.7. The van der Waals surface area contributed by atoms with Crippen LogP contribution in [0.2, 0.25) is 0 Å². The normalized spacial score (nSPS) is 21.2. The van der Waals surface area contributed by atoms with E-state index in [1.165, 1.54) is 0 Å². The summed E-state index contributed by atoms with van der Waals surface area (Å²) in [5.41, 5.74) is 2.83. The van der Waals surface area contributed by atoms with E-state index >= 15 is 0 Å². The van der Waals surface area contributed by atoms with Gasteiger partial charge in [-0.2, -0.15) is 5.10 Å². The van der Waals surface area contributed by atoms with Gasteiger partial charge >= 0.3 is 6.09 Å². The molecule has 44 heavy (non-hydrogen) atoms. The number of methoxy groups -OCH3 is 1. The molecule has 1 aromatic carbocycles. The first-order chi connectivity index (χ1) is 21.1. The van der Waals surface area contributed by atoms with Crippen LogP contribution in [0.25, 0.3) is 22.4 Å². The molecule has 2 atom stereocenters. The van der Waals surface area contributed by atoms with Crippen molar-refractivity contribution in [3.05, 3.63) is 42.7 Å². The molecule has 4 heterocycles. The molecule has 0 N–H and O–H groups in total. The first kappa shape index (κ1) is 30.3. The second-order valence-electron chi connectivity index (χ2n) is 13.3. The lowest BCUT2D eigenvalue weighted by Crippen LogP contribution is -2.50. The van der Waals surface area contributed by atoms with Crippen LogP contribution in [0.5, 0.6) is 5.75 Å². The van der Waals surface area contributed by atoms with Crippen molar-refractivity contribution in [1.82, 2.24) is 24.9 Å². The Balaban J connectivity index is 1.17. The number of rotatable bonds is 9. The third kappa shape index (κ3) is 6.68. The largest absolute Gasteiger partial charge is 0.467 e. The van der Waals surface area contributed by atoms with E-state index in [0.717, 1.165) is 74.2 Å². The Morgan fingerprint density at radius 3 is 2.64 bits per heavy atom. The predicted molar refractivity (Wildman–Crippen MR) is 166 cm³/mol. The van der Waals surface area contributed by atoms with Crippen LogP contribution in [0.3, 0.4) is 0 Å². The number of aromatic nitrogens is 4. The van der Waals surface area contributed by atoms with Crippen LogP contribution in [0.4, 0.5) is 10.6 Å². The Morgan fingerprint density at radius 1 is 1.11 bits per heavy atom. The van der Waals surface area contributed by atoms with Crippen LogP contribution in [-0.2, 0) is 14.2 Å². The quantitative estimate of drug-likeness (QED) is 0.270. The molecule has 2 unspecified atom stereocenters. The van der Waals surface area contributed by atoms with Crippen molar-refractivity contribution < 1.29 is 23.7 Å². The number of ether oxygens (including phenoxy) is 4. The molecule has 11 nitrogen and oxygen atoms in total. The second-order valence-corrected chi connectivity index (χ2v) is 13.3. The Hall–Kier alpha value is -3.70. The summed E-state index contributed by atoms with van der Waals surface area (Å²) >= 11 is 0. The maximum atomic E-state index is 13.2. The second kappa shape index (κ2) is 12.4. The van der Waals surface area contributed by atoms with Gasteiger partial charge in [-0.05, 0) is 96.0 Å². The van der Waals surface area contributed by atoms with E-state index in [1.54, 1.807) is 7.11 Å². The Bertz CT molecular complexity index is 1440. The van der Waals surface area contributed by atoms with Crippen LogP contribution in [-0.4, -0.2) is 81.8 Å². The Kier molecular flexibility index (Phi) is 8.52. The number of carbonyl (C=O) groups excluding carboxylic acids is 1. The maximum absolute atomic E-state index is 13.2. The third-order valence-electron chi connectivity index (χ3n) is 8.62. The number of hydrogen-bond donors (Lipinski definition) is 0. The van der Waals surface area contributed by atoms with Gasteiger partial charge in [-0.25, -0.2) is 9.48 Å². The van der Waals surface area contributed by atoms with E-state index in [9.17, 15) is 4.79 Å². The summed E-state index contributed by atoms with van der Waals surface area (Å²) in [6.07, 6.45) is 9.71. The summed E-state index contributed by atoms with van der Waals surface area (Å²) in [6, 6.07) is 10.1. The molecular weight excluding hydrogens is 560 g/mol. The smallest absolute Gasteiger partial charge is 0.411 e. The van der Waals surface area contributed by atoms with Gasteiger partial charge in [-0.15, -0.1) is 10.2 Å². The van der Waals surface area contributed by atoms with Gasteiger partial charge in [0.25, 0.3) is 0 Å². The lowest BCUT2D eigenvalue weighted by molar-refractivity contribution is -0.0394. The van der Waals surface area contributed by atoms with Crippen LogP contribution >= 0.6 is 0 Å². The average molecular weight is 605 g/mol. The number of amides is 1. The standard InChI is InChI=1S/C33H44N6O5/c1-32(2,3)44-31(40)39(33(4)14-15-33)25-13-16-37(21-25)29-12-11-27(35-36-29)26-10-9-23(18-28(26)43-22-41-5)24-19-34-38(20-24)30-8-6-7-17-42-30/h9-12,18-20,25,30H,6-8,13-17,21-22H2,1-5H3. The lowest BCUT2D eigenvalue weighted by atomic mass is 10.0. The van der Waals surface area contributed by atoms with Crippen molar-refractivity contribution in [1.29, 1.82) is 0 Å². The fraction of sp³-hybridized carbons (Fsp3) is 0.576. The van der Waals surface area contributed by atoms with Crippen LogP contribution < -0.4 is 9.64 Å². The minimum absolute atomic E-state index is 0.0159. The monoisotopic (exact) mass is 604 g/mol. The summed E-state index contributed by atoms with van der Waals surface area (Å²) in [5, 5.41) is 13.8. The average Bonchev–Trinajstić information content (AvgIpc) is 3.37. The van der Waals surface area contributed by atoms with E-state index in [0.29, 0.717) is 18.0 Å². The molecule has 1 aliphatic carbocycles. The van der Waals surface area contributed by atoms with Gasteiger partial charge in [0, 0.05) is 49.7 Å². The molecular formula is C33H44N6O5. The highest BCUT2D eigenvalue weighted by molar-refractivity contribution is 5.74. The molecule has 0 bridgehead atoms. The fourth-order valence-corrected chi connectivity index (χ4v) is 6.07. The van der Waals surface area contributed by atoms with E-state index in [4.69, 9.17) is 18.9 Å². The Morgan fingerprint density at radius 2 is 1.95 bits per heavy atom. The van der Waals surface area contributed by atoms with Gasteiger partial charge in [-0.1, -0.05) is 6.07 Å². The van der Waals surface area contributed by atoms with E-state index in [2.05, 4.69) is 27.1 Å². The summed E-state index contributed by atoms with van der Waals surface area (Å²) in [7, 11) is 1.60. The molecule has 0 radical (unpaired) electrons. The Labute approximate surface area is 259 Å². The zero-order chi connectivity index (χ0) is 30.9. The molecule has 3 aliphatic rings. The maximum Gasteiger partial charge on any atom is 0.411 e. The highest BCUT2D eigenvalue weighted by Gasteiger charge is 2.51. The number of benzene rings is 1. The van der Waals surface area contributed by atoms with E-state index < -0.39 is 5.60 Å². The molecule has 2 aliphatic heterocycles. The van der Waals surface area contributed by atoms with Gasteiger partial charge in [0.2, 0.25) is 0 Å².